The minimum atomic E-state index is -0.687. The van der Waals surface area contributed by atoms with Crippen molar-refractivity contribution < 1.29 is 9.90 Å². The number of nitrogens with zero attached hydrogens (tertiary/aromatic N) is 2. The van der Waals surface area contributed by atoms with Crippen molar-refractivity contribution in [1.82, 2.24) is 4.98 Å². The molecule has 0 aromatic carbocycles. The summed E-state index contributed by atoms with van der Waals surface area (Å²) in [6.07, 6.45) is 1.73. The van der Waals surface area contributed by atoms with Gasteiger partial charge in [0, 0.05) is 18.5 Å². The lowest BCUT2D eigenvalue weighted by Crippen LogP contribution is -2.38. The maximum absolute atomic E-state index is 10.9. The lowest BCUT2D eigenvalue weighted by molar-refractivity contribution is -0.141. The summed E-state index contributed by atoms with van der Waals surface area (Å²) in [6, 6.07) is 0. The van der Waals surface area contributed by atoms with Crippen LogP contribution in [0.2, 0.25) is 0 Å². The summed E-state index contributed by atoms with van der Waals surface area (Å²) in [6.45, 7) is 3.48. The van der Waals surface area contributed by atoms with Crippen molar-refractivity contribution in [3.8, 4) is 0 Å². The summed E-state index contributed by atoms with van der Waals surface area (Å²) in [5.74, 6) is -0.920. The van der Waals surface area contributed by atoms with Crippen molar-refractivity contribution in [2.45, 2.75) is 19.8 Å². The first-order valence-electron chi connectivity index (χ1n) is 5.06. The van der Waals surface area contributed by atoms with Gasteiger partial charge in [-0.3, -0.25) is 4.79 Å². The Bertz CT molecular complexity index is 364. The highest BCUT2D eigenvalue weighted by Gasteiger charge is 2.26. The van der Waals surface area contributed by atoms with Gasteiger partial charge in [-0.15, -0.1) is 11.3 Å². The molecule has 0 amide bonds. The maximum atomic E-state index is 10.9. The summed E-state index contributed by atoms with van der Waals surface area (Å²) < 4.78 is 0. The number of aryl methyl sites for hydroxylation is 1. The Morgan fingerprint density at radius 2 is 2.53 bits per heavy atom. The zero-order valence-electron chi connectivity index (χ0n) is 8.64. The quantitative estimate of drug-likeness (QED) is 0.834. The highest BCUT2D eigenvalue weighted by molar-refractivity contribution is 7.13. The zero-order valence-corrected chi connectivity index (χ0v) is 9.46. The maximum Gasteiger partial charge on any atom is 0.308 e. The molecule has 15 heavy (non-hydrogen) atoms. The number of rotatable bonds is 2. The minimum absolute atomic E-state index is 0.233. The molecule has 2 heterocycles. The van der Waals surface area contributed by atoms with Crippen LogP contribution in [0.15, 0.2) is 5.38 Å². The highest BCUT2D eigenvalue weighted by Crippen LogP contribution is 2.26. The molecule has 0 saturated carbocycles. The Labute approximate surface area is 92.6 Å². The van der Waals surface area contributed by atoms with E-state index in [0.29, 0.717) is 6.54 Å². The number of hydrogen-bond donors (Lipinski definition) is 1. The largest absolute Gasteiger partial charge is 0.481 e. The Morgan fingerprint density at radius 3 is 3.13 bits per heavy atom. The summed E-state index contributed by atoms with van der Waals surface area (Å²) in [5.41, 5.74) is 1.01. The summed E-state index contributed by atoms with van der Waals surface area (Å²) >= 11 is 1.59. The lowest BCUT2D eigenvalue weighted by Gasteiger charge is -2.30. The first kappa shape index (κ1) is 10.4. The topological polar surface area (TPSA) is 53.4 Å². The summed E-state index contributed by atoms with van der Waals surface area (Å²) in [5, 5.41) is 11.9. The molecule has 0 radical (unpaired) electrons. The van der Waals surface area contributed by atoms with Crippen LogP contribution in [-0.4, -0.2) is 29.1 Å². The minimum Gasteiger partial charge on any atom is -0.481 e. The molecule has 5 heteroatoms. The molecule has 1 N–H and O–H groups in total. The molecule has 1 aliphatic heterocycles. The van der Waals surface area contributed by atoms with E-state index in [1.54, 1.807) is 11.3 Å². The number of anilines is 1. The number of aliphatic carboxylic acids is 1. The standard InChI is InChI=1S/C10H14N2O2S/c1-7-6-15-10(11-7)12-4-2-3-8(5-12)9(13)14/h6,8H,2-5H2,1H3,(H,13,14)/t8-/m1/s1. The van der Waals surface area contributed by atoms with Gasteiger partial charge in [0.2, 0.25) is 0 Å². The van der Waals surface area contributed by atoms with E-state index in [1.807, 2.05) is 12.3 Å². The van der Waals surface area contributed by atoms with Crippen molar-refractivity contribution in [1.29, 1.82) is 0 Å². The van der Waals surface area contributed by atoms with Gasteiger partial charge >= 0.3 is 5.97 Å². The first-order valence-corrected chi connectivity index (χ1v) is 5.94. The van der Waals surface area contributed by atoms with Crippen molar-refractivity contribution in [3.63, 3.8) is 0 Å². The Kier molecular flexibility index (Phi) is 2.90. The second-order valence-corrected chi connectivity index (χ2v) is 4.73. The van der Waals surface area contributed by atoms with E-state index in [0.717, 1.165) is 30.2 Å². The highest BCUT2D eigenvalue weighted by atomic mass is 32.1. The van der Waals surface area contributed by atoms with Crippen LogP contribution in [0.5, 0.6) is 0 Å². The Balaban J connectivity index is 2.07. The van der Waals surface area contributed by atoms with Crippen molar-refractivity contribution in [2.75, 3.05) is 18.0 Å². The van der Waals surface area contributed by atoms with Gasteiger partial charge in [0.05, 0.1) is 11.6 Å². The molecular weight excluding hydrogens is 212 g/mol. The van der Waals surface area contributed by atoms with E-state index in [2.05, 4.69) is 9.88 Å². The number of aromatic nitrogens is 1. The molecule has 1 aliphatic rings. The van der Waals surface area contributed by atoms with Crippen LogP contribution in [0.3, 0.4) is 0 Å². The van der Waals surface area contributed by atoms with Crippen LogP contribution in [-0.2, 0) is 4.79 Å². The molecule has 0 aliphatic carbocycles. The molecule has 0 unspecified atom stereocenters. The molecule has 1 atom stereocenters. The van der Waals surface area contributed by atoms with Crippen molar-refractivity contribution in [2.24, 2.45) is 5.92 Å². The van der Waals surface area contributed by atoms with Crippen LogP contribution < -0.4 is 4.90 Å². The number of piperidine rings is 1. The van der Waals surface area contributed by atoms with E-state index in [4.69, 9.17) is 5.11 Å². The fourth-order valence-electron chi connectivity index (χ4n) is 1.84. The molecule has 2 rings (SSSR count). The molecule has 82 valence electrons. The third kappa shape index (κ3) is 2.28. The number of hydrogen-bond acceptors (Lipinski definition) is 4. The van der Waals surface area contributed by atoms with Crippen LogP contribution in [0.1, 0.15) is 18.5 Å². The molecule has 0 bridgehead atoms. The molecule has 1 saturated heterocycles. The molecule has 1 aromatic heterocycles. The smallest absolute Gasteiger partial charge is 0.308 e. The van der Waals surface area contributed by atoms with Gasteiger partial charge < -0.3 is 10.0 Å². The number of thiazole rings is 1. The van der Waals surface area contributed by atoms with Crippen LogP contribution >= 0.6 is 11.3 Å². The third-order valence-corrected chi connectivity index (χ3v) is 3.67. The van der Waals surface area contributed by atoms with E-state index in [-0.39, 0.29) is 5.92 Å². The SMILES string of the molecule is Cc1csc(N2CCC[C@@H](C(=O)O)C2)n1. The first-order chi connectivity index (χ1) is 7.16. The molecule has 4 nitrogen and oxygen atoms in total. The molecule has 1 fully saturated rings. The average molecular weight is 226 g/mol. The number of carboxylic acid groups (broad SMARTS) is 1. The second kappa shape index (κ2) is 4.18. The predicted octanol–water partition coefficient (Wildman–Crippen LogP) is 1.75. The number of carboxylic acids is 1. The van der Waals surface area contributed by atoms with Gasteiger partial charge in [0.15, 0.2) is 5.13 Å². The Morgan fingerprint density at radius 1 is 1.73 bits per heavy atom. The molecular formula is C10H14N2O2S. The van der Waals surface area contributed by atoms with Crippen molar-refractivity contribution in [3.05, 3.63) is 11.1 Å². The van der Waals surface area contributed by atoms with E-state index >= 15 is 0 Å². The van der Waals surface area contributed by atoms with Gasteiger partial charge in [-0.05, 0) is 19.8 Å². The van der Waals surface area contributed by atoms with Crippen molar-refractivity contribution >= 4 is 22.4 Å². The fourth-order valence-corrected chi connectivity index (χ4v) is 2.68. The third-order valence-electron chi connectivity index (χ3n) is 2.65. The zero-order chi connectivity index (χ0) is 10.8. The van der Waals surface area contributed by atoms with Crippen LogP contribution in [0.25, 0.3) is 0 Å². The average Bonchev–Trinajstić information content (AvgIpc) is 2.65. The fraction of sp³-hybridized carbons (Fsp3) is 0.600. The summed E-state index contributed by atoms with van der Waals surface area (Å²) in [7, 11) is 0. The van der Waals surface area contributed by atoms with Gasteiger partial charge in [-0.1, -0.05) is 0 Å². The monoisotopic (exact) mass is 226 g/mol. The van der Waals surface area contributed by atoms with Gasteiger partial charge in [-0.25, -0.2) is 4.98 Å². The lowest BCUT2D eigenvalue weighted by atomic mass is 9.99. The van der Waals surface area contributed by atoms with Gasteiger partial charge in [0.25, 0.3) is 0 Å². The van der Waals surface area contributed by atoms with Crippen LogP contribution in [0.4, 0.5) is 5.13 Å². The molecule has 0 spiro atoms. The second-order valence-electron chi connectivity index (χ2n) is 3.89. The van der Waals surface area contributed by atoms with Gasteiger partial charge in [-0.2, -0.15) is 0 Å². The molecule has 1 aromatic rings. The summed E-state index contributed by atoms with van der Waals surface area (Å²) in [4.78, 5) is 17.4. The van der Waals surface area contributed by atoms with Crippen LogP contribution in [0, 0.1) is 12.8 Å². The number of carbonyl (C=O) groups is 1. The van der Waals surface area contributed by atoms with E-state index in [1.165, 1.54) is 0 Å². The van der Waals surface area contributed by atoms with Gasteiger partial charge in [0.1, 0.15) is 0 Å². The predicted molar refractivity (Wildman–Crippen MR) is 59.4 cm³/mol. The van der Waals surface area contributed by atoms with E-state index < -0.39 is 5.97 Å². The Hall–Kier alpha value is -1.10. The normalized spacial score (nSPS) is 21.7. The van der Waals surface area contributed by atoms with E-state index in [9.17, 15) is 4.79 Å².